The molecule has 0 aliphatic carbocycles. The van der Waals surface area contributed by atoms with Crippen molar-refractivity contribution in [3.63, 3.8) is 0 Å². The van der Waals surface area contributed by atoms with Gasteiger partial charge in [-0.05, 0) is 38.7 Å². The molecule has 6 heterocycles. The van der Waals surface area contributed by atoms with Crippen LogP contribution in [0.4, 0.5) is 22.6 Å². The molecular weight excluding hydrogens is 462 g/mol. The summed E-state index contributed by atoms with van der Waals surface area (Å²) in [5.74, 6) is 2.18. The van der Waals surface area contributed by atoms with E-state index in [2.05, 4.69) is 42.8 Å². The van der Waals surface area contributed by atoms with E-state index in [1.54, 1.807) is 11.3 Å². The third-order valence-electron chi connectivity index (χ3n) is 7.35. The molecule has 3 aliphatic heterocycles. The first-order chi connectivity index (χ1) is 17.2. The number of ether oxygens (including phenoxy) is 1. The summed E-state index contributed by atoms with van der Waals surface area (Å²) in [6.45, 7) is 6.15. The molecule has 0 saturated carbocycles. The monoisotopic (exact) mass is 493 g/mol. The number of aryl methyl sites for hydroxylation is 1. The summed E-state index contributed by atoms with van der Waals surface area (Å²) in [5, 5.41) is 25.6. The molecule has 10 nitrogen and oxygen atoms in total. The van der Waals surface area contributed by atoms with Crippen molar-refractivity contribution in [2.45, 2.75) is 57.2 Å². The van der Waals surface area contributed by atoms with Crippen molar-refractivity contribution >= 4 is 44.1 Å². The second-order valence-corrected chi connectivity index (χ2v) is 10.7. The van der Waals surface area contributed by atoms with Crippen LogP contribution in [0.15, 0.2) is 12.1 Å². The van der Waals surface area contributed by atoms with Gasteiger partial charge in [0.1, 0.15) is 10.6 Å². The number of hydrogen-bond acceptors (Lipinski definition) is 10. The number of nitrogens with zero attached hydrogens (tertiary/aromatic N) is 6. The van der Waals surface area contributed by atoms with Crippen LogP contribution in [0, 0.1) is 18.3 Å². The predicted molar refractivity (Wildman–Crippen MR) is 137 cm³/mol. The van der Waals surface area contributed by atoms with Crippen molar-refractivity contribution in [3.8, 4) is 6.07 Å². The highest BCUT2D eigenvalue weighted by Crippen LogP contribution is 2.39. The largest absolute Gasteiger partial charge is 0.378 e. The molecule has 6 rings (SSSR count). The van der Waals surface area contributed by atoms with Gasteiger partial charge in [0, 0.05) is 55.9 Å². The van der Waals surface area contributed by atoms with E-state index in [4.69, 9.17) is 20.0 Å². The second-order valence-electron chi connectivity index (χ2n) is 9.70. The molecule has 3 N–H and O–H groups in total. The van der Waals surface area contributed by atoms with Crippen LogP contribution in [0.3, 0.4) is 0 Å². The fourth-order valence-electron chi connectivity index (χ4n) is 5.73. The van der Waals surface area contributed by atoms with Crippen LogP contribution in [-0.2, 0) is 4.74 Å². The smallest absolute Gasteiger partial charge is 0.226 e. The molecule has 0 amide bonds. The molecule has 3 aromatic rings. The Morgan fingerprint density at radius 1 is 1.20 bits per heavy atom. The Hall–Kier alpha value is -2.94. The van der Waals surface area contributed by atoms with Gasteiger partial charge in [-0.1, -0.05) is 11.3 Å². The molecule has 184 valence electrons. The second kappa shape index (κ2) is 9.60. The molecule has 0 radical (unpaired) electrons. The first-order valence-electron chi connectivity index (χ1n) is 12.5. The van der Waals surface area contributed by atoms with Crippen LogP contribution in [0.25, 0.3) is 10.2 Å². The van der Waals surface area contributed by atoms with E-state index in [9.17, 15) is 0 Å². The SMILES string of the molecule is Cc1cc(Nc2nc(NC3CC4CCC(C3)N4CCC#N)nc3sc(N4CCOCC4)cc23)n[nH]1. The predicted octanol–water partition coefficient (Wildman–Crippen LogP) is 3.62. The first-order valence-corrected chi connectivity index (χ1v) is 13.3. The maximum atomic E-state index is 9.02. The van der Waals surface area contributed by atoms with E-state index in [-0.39, 0.29) is 0 Å². The molecule has 3 fully saturated rings. The lowest BCUT2D eigenvalue weighted by Crippen LogP contribution is -2.47. The van der Waals surface area contributed by atoms with Crippen molar-refractivity contribution in [2.24, 2.45) is 0 Å². The Balaban J connectivity index is 1.27. The van der Waals surface area contributed by atoms with Gasteiger partial charge in [0.25, 0.3) is 0 Å². The van der Waals surface area contributed by atoms with Gasteiger partial charge in [-0.15, -0.1) is 0 Å². The van der Waals surface area contributed by atoms with E-state index in [1.165, 1.54) is 17.8 Å². The molecule has 11 heteroatoms. The standard InChI is InChI=1S/C24H31N9OS/c1-15-11-20(31-30-15)27-22-19-14-21(32-7-9-34-10-8-32)35-23(19)29-24(28-22)26-16-12-17-3-4-18(13-16)33(17)6-2-5-25/h11,14,16-18H,2-4,6-10,12-13H2,1H3,(H3,26,27,28,29,30,31). The summed E-state index contributed by atoms with van der Waals surface area (Å²) in [6.07, 6.45) is 5.17. The van der Waals surface area contributed by atoms with E-state index in [0.717, 1.165) is 73.2 Å². The molecule has 3 aromatic heterocycles. The number of H-pyrrole nitrogens is 1. The van der Waals surface area contributed by atoms with Crippen LogP contribution in [0.2, 0.25) is 0 Å². The van der Waals surface area contributed by atoms with Gasteiger partial charge in [0.15, 0.2) is 5.82 Å². The highest BCUT2D eigenvalue weighted by atomic mass is 32.1. The van der Waals surface area contributed by atoms with Gasteiger partial charge in [-0.3, -0.25) is 10.00 Å². The molecule has 35 heavy (non-hydrogen) atoms. The molecule has 0 aromatic carbocycles. The maximum absolute atomic E-state index is 9.02. The van der Waals surface area contributed by atoms with Crippen molar-refractivity contribution in [3.05, 3.63) is 17.8 Å². The third-order valence-corrected chi connectivity index (χ3v) is 8.44. The molecule has 2 atom stereocenters. The van der Waals surface area contributed by atoms with Gasteiger partial charge in [0.05, 0.1) is 29.7 Å². The van der Waals surface area contributed by atoms with Crippen molar-refractivity contribution in [1.29, 1.82) is 5.26 Å². The zero-order valence-electron chi connectivity index (χ0n) is 20.0. The minimum atomic E-state index is 0.336. The van der Waals surface area contributed by atoms with Crippen LogP contribution < -0.4 is 15.5 Å². The number of fused-ring (bicyclic) bond motifs is 3. The minimum absolute atomic E-state index is 0.336. The van der Waals surface area contributed by atoms with Crippen LogP contribution >= 0.6 is 11.3 Å². The van der Waals surface area contributed by atoms with Gasteiger partial charge in [-0.25, -0.2) is 4.98 Å². The molecule has 3 aliphatic rings. The number of aromatic amines is 1. The lowest BCUT2D eigenvalue weighted by molar-refractivity contribution is 0.123. The number of nitriles is 1. The Labute approximate surface area is 208 Å². The number of morpholine rings is 1. The van der Waals surface area contributed by atoms with Crippen molar-refractivity contribution in [1.82, 2.24) is 25.1 Å². The van der Waals surface area contributed by atoms with Gasteiger partial charge < -0.3 is 20.3 Å². The van der Waals surface area contributed by atoms with E-state index in [0.29, 0.717) is 30.5 Å². The lowest BCUT2D eigenvalue weighted by Gasteiger charge is -2.38. The van der Waals surface area contributed by atoms with Crippen molar-refractivity contribution < 1.29 is 4.74 Å². The Kier molecular flexibility index (Phi) is 6.18. The number of nitrogens with one attached hydrogen (secondary N) is 3. The maximum Gasteiger partial charge on any atom is 0.226 e. The summed E-state index contributed by atoms with van der Waals surface area (Å²) in [7, 11) is 0. The zero-order chi connectivity index (χ0) is 23.8. The Morgan fingerprint density at radius 3 is 2.71 bits per heavy atom. The molecule has 2 bridgehead atoms. The summed E-state index contributed by atoms with van der Waals surface area (Å²) in [6, 6.07) is 7.89. The van der Waals surface area contributed by atoms with Gasteiger partial charge in [-0.2, -0.15) is 15.3 Å². The number of hydrogen-bond donors (Lipinski definition) is 3. The Bertz CT molecular complexity index is 1210. The number of thiophene rings is 1. The summed E-state index contributed by atoms with van der Waals surface area (Å²) < 4.78 is 5.54. The average molecular weight is 494 g/mol. The van der Waals surface area contributed by atoms with Crippen LogP contribution in [-0.4, -0.2) is 76.0 Å². The highest BCUT2D eigenvalue weighted by molar-refractivity contribution is 7.22. The molecular formula is C24H31N9OS. The topological polar surface area (TPSA) is 118 Å². The van der Waals surface area contributed by atoms with E-state index >= 15 is 0 Å². The molecule has 2 unspecified atom stereocenters. The van der Waals surface area contributed by atoms with Crippen LogP contribution in [0.5, 0.6) is 0 Å². The number of anilines is 4. The Morgan fingerprint density at radius 2 is 2.00 bits per heavy atom. The van der Waals surface area contributed by atoms with Crippen molar-refractivity contribution in [2.75, 3.05) is 48.4 Å². The molecule has 0 spiro atoms. The number of rotatable bonds is 7. The highest BCUT2D eigenvalue weighted by Gasteiger charge is 2.40. The number of piperidine rings is 1. The van der Waals surface area contributed by atoms with Gasteiger partial charge >= 0.3 is 0 Å². The number of aromatic nitrogens is 4. The minimum Gasteiger partial charge on any atom is -0.378 e. The van der Waals surface area contributed by atoms with Gasteiger partial charge in [0.2, 0.25) is 5.95 Å². The quantitative estimate of drug-likeness (QED) is 0.453. The molecule has 3 saturated heterocycles. The third kappa shape index (κ3) is 4.66. The fraction of sp³-hybridized carbons (Fsp3) is 0.583. The van der Waals surface area contributed by atoms with E-state index < -0.39 is 0 Å². The van der Waals surface area contributed by atoms with E-state index in [1.807, 2.05) is 13.0 Å². The fourth-order valence-corrected chi connectivity index (χ4v) is 6.81. The lowest BCUT2D eigenvalue weighted by atomic mass is 9.97. The summed E-state index contributed by atoms with van der Waals surface area (Å²) in [4.78, 5) is 15.7. The van der Waals surface area contributed by atoms with Crippen LogP contribution in [0.1, 0.15) is 37.8 Å². The first kappa shape index (κ1) is 22.5. The summed E-state index contributed by atoms with van der Waals surface area (Å²) in [5.41, 5.74) is 0.995. The zero-order valence-corrected chi connectivity index (χ0v) is 20.8. The average Bonchev–Trinajstić information content (AvgIpc) is 3.54. The normalized spacial score (nSPS) is 24.6. The summed E-state index contributed by atoms with van der Waals surface area (Å²) >= 11 is 1.71.